The van der Waals surface area contributed by atoms with Crippen molar-refractivity contribution < 1.29 is 4.52 Å². The SMILES string of the molecule is c1ccc(CCCNc2cc(-c3ccc4cnccc4c3)no2)cc1. The molecular formula is C21H19N3O. The van der Waals surface area contributed by atoms with Gasteiger partial charge in [0, 0.05) is 36.0 Å². The number of fused-ring (bicyclic) bond motifs is 1. The number of aromatic nitrogens is 2. The second-order valence-electron chi connectivity index (χ2n) is 6.03. The molecule has 0 saturated heterocycles. The highest BCUT2D eigenvalue weighted by Crippen LogP contribution is 2.25. The number of nitrogens with zero attached hydrogens (tertiary/aromatic N) is 2. The highest BCUT2D eigenvalue weighted by atomic mass is 16.5. The fourth-order valence-corrected chi connectivity index (χ4v) is 2.89. The Morgan fingerprint density at radius 2 is 1.84 bits per heavy atom. The van der Waals surface area contributed by atoms with Gasteiger partial charge in [0.05, 0.1) is 0 Å². The van der Waals surface area contributed by atoms with E-state index in [9.17, 15) is 0 Å². The fraction of sp³-hybridized carbons (Fsp3) is 0.143. The topological polar surface area (TPSA) is 51.0 Å². The molecule has 0 aliphatic heterocycles. The minimum Gasteiger partial charge on any atom is -0.354 e. The van der Waals surface area contributed by atoms with Crippen molar-refractivity contribution in [2.24, 2.45) is 0 Å². The van der Waals surface area contributed by atoms with Crippen molar-refractivity contribution in [3.8, 4) is 11.3 Å². The summed E-state index contributed by atoms with van der Waals surface area (Å²) in [5.41, 5.74) is 3.23. The second-order valence-corrected chi connectivity index (χ2v) is 6.03. The van der Waals surface area contributed by atoms with E-state index in [2.05, 4.69) is 51.9 Å². The summed E-state index contributed by atoms with van der Waals surface area (Å²) in [4.78, 5) is 4.14. The van der Waals surface area contributed by atoms with Gasteiger partial charge in [0.1, 0.15) is 5.69 Å². The van der Waals surface area contributed by atoms with Crippen LogP contribution in [0.4, 0.5) is 5.88 Å². The van der Waals surface area contributed by atoms with Gasteiger partial charge in [-0.15, -0.1) is 0 Å². The molecule has 25 heavy (non-hydrogen) atoms. The maximum atomic E-state index is 5.41. The highest BCUT2D eigenvalue weighted by Gasteiger charge is 2.07. The van der Waals surface area contributed by atoms with Crippen LogP contribution in [0.1, 0.15) is 12.0 Å². The van der Waals surface area contributed by atoms with Crippen LogP contribution in [-0.4, -0.2) is 16.7 Å². The van der Waals surface area contributed by atoms with Crippen molar-refractivity contribution in [2.45, 2.75) is 12.8 Å². The van der Waals surface area contributed by atoms with Crippen LogP contribution in [0.15, 0.2) is 77.6 Å². The van der Waals surface area contributed by atoms with Crippen LogP contribution in [0, 0.1) is 0 Å². The minimum atomic E-state index is 0.706. The summed E-state index contributed by atoms with van der Waals surface area (Å²) in [5.74, 6) is 0.706. The predicted molar refractivity (Wildman–Crippen MR) is 100 cm³/mol. The third-order valence-corrected chi connectivity index (χ3v) is 4.23. The summed E-state index contributed by atoms with van der Waals surface area (Å²) in [6.07, 6.45) is 5.76. The lowest BCUT2D eigenvalue weighted by Gasteiger charge is -2.02. The minimum absolute atomic E-state index is 0.706. The van der Waals surface area contributed by atoms with E-state index in [4.69, 9.17) is 4.52 Å². The molecule has 0 fully saturated rings. The first kappa shape index (κ1) is 15.4. The molecule has 1 N–H and O–H groups in total. The summed E-state index contributed by atoms with van der Waals surface area (Å²) < 4.78 is 5.41. The molecule has 0 aliphatic carbocycles. The van der Waals surface area contributed by atoms with Crippen molar-refractivity contribution >= 4 is 16.7 Å². The predicted octanol–water partition coefficient (Wildman–Crippen LogP) is 4.93. The third kappa shape index (κ3) is 3.69. The largest absolute Gasteiger partial charge is 0.354 e. The molecule has 124 valence electrons. The van der Waals surface area contributed by atoms with Gasteiger partial charge in [-0.25, -0.2) is 0 Å². The summed E-state index contributed by atoms with van der Waals surface area (Å²) in [6, 6.07) is 20.7. The maximum absolute atomic E-state index is 5.41. The zero-order chi connectivity index (χ0) is 16.9. The van der Waals surface area contributed by atoms with Gasteiger partial charge in [-0.05, 0) is 35.9 Å². The molecule has 4 rings (SSSR count). The third-order valence-electron chi connectivity index (χ3n) is 4.23. The monoisotopic (exact) mass is 329 g/mol. The van der Waals surface area contributed by atoms with Gasteiger partial charge >= 0.3 is 0 Å². The van der Waals surface area contributed by atoms with Gasteiger partial charge < -0.3 is 9.84 Å². The zero-order valence-corrected chi connectivity index (χ0v) is 13.9. The average Bonchev–Trinajstić information content (AvgIpc) is 3.15. The Labute approximate surface area is 146 Å². The van der Waals surface area contributed by atoms with Crippen LogP contribution in [-0.2, 0) is 6.42 Å². The van der Waals surface area contributed by atoms with E-state index >= 15 is 0 Å². The molecule has 0 aliphatic rings. The van der Waals surface area contributed by atoms with Gasteiger partial charge in [0.2, 0.25) is 5.88 Å². The number of hydrogen-bond donors (Lipinski definition) is 1. The van der Waals surface area contributed by atoms with Crippen LogP contribution in [0.3, 0.4) is 0 Å². The molecule has 2 heterocycles. The summed E-state index contributed by atoms with van der Waals surface area (Å²) in [6.45, 7) is 0.854. The average molecular weight is 329 g/mol. The lowest BCUT2D eigenvalue weighted by Crippen LogP contribution is -2.01. The van der Waals surface area contributed by atoms with Gasteiger partial charge in [-0.1, -0.05) is 47.6 Å². The number of rotatable bonds is 6. The number of hydrogen-bond acceptors (Lipinski definition) is 4. The van der Waals surface area contributed by atoms with Crippen LogP contribution < -0.4 is 5.32 Å². The normalized spacial score (nSPS) is 10.9. The lowest BCUT2D eigenvalue weighted by atomic mass is 10.1. The Hall–Kier alpha value is -3.14. The Morgan fingerprint density at radius 3 is 2.76 bits per heavy atom. The lowest BCUT2D eigenvalue weighted by molar-refractivity contribution is 0.434. The van der Waals surface area contributed by atoms with E-state index in [1.807, 2.05) is 30.5 Å². The van der Waals surface area contributed by atoms with Gasteiger partial charge in [-0.3, -0.25) is 4.98 Å². The van der Waals surface area contributed by atoms with E-state index in [0.29, 0.717) is 5.88 Å². The van der Waals surface area contributed by atoms with Crippen LogP contribution in [0.2, 0.25) is 0 Å². The van der Waals surface area contributed by atoms with E-state index in [0.717, 1.165) is 41.4 Å². The van der Waals surface area contributed by atoms with Gasteiger partial charge in [0.15, 0.2) is 0 Å². The first-order chi connectivity index (χ1) is 12.4. The van der Waals surface area contributed by atoms with Crippen molar-refractivity contribution in [2.75, 3.05) is 11.9 Å². The van der Waals surface area contributed by atoms with E-state index in [1.165, 1.54) is 5.56 Å². The first-order valence-electron chi connectivity index (χ1n) is 8.47. The molecule has 0 atom stereocenters. The molecule has 0 spiro atoms. The summed E-state index contributed by atoms with van der Waals surface area (Å²) in [7, 11) is 0. The molecular weight excluding hydrogens is 310 g/mol. The number of pyridine rings is 1. The zero-order valence-electron chi connectivity index (χ0n) is 13.9. The highest BCUT2D eigenvalue weighted by molar-refractivity contribution is 5.86. The second kappa shape index (κ2) is 7.18. The first-order valence-corrected chi connectivity index (χ1v) is 8.47. The molecule has 0 saturated carbocycles. The van der Waals surface area contributed by atoms with E-state index < -0.39 is 0 Å². The fourth-order valence-electron chi connectivity index (χ4n) is 2.89. The molecule has 4 heteroatoms. The number of aryl methyl sites for hydroxylation is 1. The molecule has 0 bridgehead atoms. The quantitative estimate of drug-likeness (QED) is 0.509. The van der Waals surface area contributed by atoms with Crippen molar-refractivity contribution in [1.82, 2.24) is 10.1 Å². The molecule has 4 nitrogen and oxygen atoms in total. The number of benzene rings is 2. The van der Waals surface area contributed by atoms with E-state index in [1.54, 1.807) is 6.20 Å². The molecule has 0 amide bonds. The summed E-state index contributed by atoms with van der Waals surface area (Å²) in [5, 5.41) is 9.75. The van der Waals surface area contributed by atoms with Crippen LogP contribution >= 0.6 is 0 Å². The Morgan fingerprint density at radius 1 is 0.920 bits per heavy atom. The molecule has 0 radical (unpaired) electrons. The smallest absolute Gasteiger partial charge is 0.225 e. The molecule has 0 unspecified atom stereocenters. The van der Waals surface area contributed by atoms with Crippen molar-refractivity contribution in [3.63, 3.8) is 0 Å². The molecule has 4 aromatic rings. The van der Waals surface area contributed by atoms with Crippen LogP contribution in [0.25, 0.3) is 22.0 Å². The molecule has 2 aromatic carbocycles. The Balaban J connectivity index is 1.38. The van der Waals surface area contributed by atoms with Crippen molar-refractivity contribution in [1.29, 1.82) is 0 Å². The summed E-state index contributed by atoms with van der Waals surface area (Å²) >= 11 is 0. The Kier molecular flexibility index (Phi) is 4.42. The maximum Gasteiger partial charge on any atom is 0.225 e. The standard InChI is InChI=1S/C21H19N3O/c1-2-5-16(6-3-1)7-4-11-23-21-14-20(24-25-21)18-8-9-19-15-22-12-10-17(19)13-18/h1-3,5-6,8-10,12-15,23H,4,7,11H2. The van der Waals surface area contributed by atoms with Gasteiger partial charge in [-0.2, -0.15) is 0 Å². The van der Waals surface area contributed by atoms with Crippen molar-refractivity contribution in [3.05, 3.63) is 78.6 Å². The number of anilines is 1. The van der Waals surface area contributed by atoms with E-state index in [-0.39, 0.29) is 0 Å². The molecule has 2 aromatic heterocycles. The van der Waals surface area contributed by atoms with Crippen LogP contribution in [0.5, 0.6) is 0 Å². The van der Waals surface area contributed by atoms with Gasteiger partial charge in [0.25, 0.3) is 0 Å². The Bertz CT molecular complexity index is 963. The number of nitrogens with one attached hydrogen (secondary N) is 1.